The summed E-state index contributed by atoms with van der Waals surface area (Å²) in [4.78, 5) is 5.73. The number of hydrogen-bond donors (Lipinski definition) is 1. The van der Waals surface area contributed by atoms with Crippen LogP contribution in [-0.4, -0.2) is 4.98 Å². The van der Waals surface area contributed by atoms with Crippen LogP contribution in [0, 0.1) is 0 Å². The number of rotatable bonds is 4. The number of hydrogen-bond acceptors (Lipinski definition) is 3. The van der Waals surface area contributed by atoms with Crippen LogP contribution in [0.5, 0.6) is 0 Å². The minimum absolute atomic E-state index is 0.470. The molecule has 2 aromatic heterocycles. The molecule has 1 aromatic carbocycles. The lowest BCUT2D eigenvalue weighted by Crippen LogP contribution is -1.99. The van der Waals surface area contributed by atoms with E-state index in [9.17, 15) is 0 Å². The summed E-state index contributed by atoms with van der Waals surface area (Å²) < 4.78 is 1.09. The highest BCUT2D eigenvalue weighted by atomic mass is 35.5. The summed E-state index contributed by atoms with van der Waals surface area (Å²) in [5.41, 5.74) is 3.05. The molecule has 128 valence electrons. The third-order valence-electron chi connectivity index (χ3n) is 4.54. The molecule has 1 aliphatic rings. The van der Waals surface area contributed by atoms with Gasteiger partial charge in [-0.1, -0.05) is 65.7 Å². The van der Waals surface area contributed by atoms with Crippen LogP contribution >= 0.6 is 34.5 Å². The Balaban J connectivity index is 1.70. The highest BCUT2D eigenvalue weighted by molar-refractivity contribution is 7.20. The van der Waals surface area contributed by atoms with Gasteiger partial charge < -0.3 is 5.32 Å². The first kappa shape index (κ1) is 16.9. The van der Waals surface area contributed by atoms with Crippen molar-refractivity contribution in [3.05, 3.63) is 69.2 Å². The number of fused-ring (bicyclic) bond motifs is 1. The van der Waals surface area contributed by atoms with Crippen LogP contribution in [0.4, 0.5) is 5.69 Å². The van der Waals surface area contributed by atoms with Crippen molar-refractivity contribution in [3.8, 4) is 0 Å². The maximum Gasteiger partial charge on any atom is 0.131 e. The maximum atomic E-state index is 6.69. The van der Waals surface area contributed by atoms with Gasteiger partial charge in [0.1, 0.15) is 10.7 Å². The van der Waals surface area contributed by atoms with Crippen molar-refractivity contribution < 1.29 is 0 Å². The second-order valence-electron chi connectivity index (χ2n) is 6.27. The molecule has 0 amide bonds. The molecule has 1 N–H and O–H groups in total. The van der Waals surface area contributed by atoms with Gasteiger partial charge in [0.15, 0.2) is 0 Å². The summed E-state index contributed by atoms with van der Waals surface area (Å²) in [6.07, 6.45) is 7.81. The first-order valence-electron chi connectivity index (χ1n) is 8.43. The SMILES string of the molecule is Clc1cc(NCc2ccccc2)c2sc(C3CC=CCC3)c(Cl)c2n1. The van der Waals surface area contributed by atoms with Gasteiger partial charge in [-0.2, -0.15) is 0 Å². The van der Waals surface area contributed by atoms with Gasteiger partial charge in [-0.25, -0.2) is 4.98 Å². The molecule has 0 saturated heterocycles. The van der Waals surface area contributed by atoms with Crippen molar-refractivity contribution in [3.63, 3.8) is 0 Å². The quantitative estimate of drug-likeness (QED) is 0.382. The van der Waals surface area contributed by atoms with Crippen molar-refractivity contribution in [2.75, 3.05) is 5.32 Å². The number of nitrogens with one attached hydrogen (secondary N) is 1. The molecule has 3 aromatic rings. The van der Waals surface area contributed by atoms with Gasteiger partial charge in [0.05, 0.1) is 15.4 Å². The summed E-state index contributed by atoms with van der Waals surface area (Å²) in [6.45, 7) is 0.743. The van der Waals surface area contributed by atoms with Crippen LogP contribution < -0.4 is 5.32 Å². The molecule has 1 unspecified atom stereocenters. The summed E-state index contributed by atoms with van der Waals surface area (Å²) in [7, 11) is 0. The summed E-state index contributed by atoms with van der Waals surface area (Å²) in [5, 5.41) is 4.74. The predicted octanol–water partition coefficient (Wildman–Crippen LogP) is 7.04. The Bertz CT molecular complexity index is 918. The van der Waals surface area contributed by atoms with E-state index >= 15 is 0 Å². The number of allylic oxidation sites excluding steroid dienone is 2. The third-order valence-corrected chi connectivity index (χ3v) is 6.61. The van der Waals surface area contributed by atoms with Crippen LogP contribution in [-0.2, 0) is 6.54 Å². The van der Waals surface area contributed by atoms with E-state index in [4.69, 9.17) is 23.2 Å². The average molecular weight is 389 g/mol. The Morgan fingerprint density at radius 1 is 1.16 bits per heavy atom. The zero-order valence-electron chi connectivity index (χ0n) is 13.6. The molecule has 25 heavy (non-hydrogen) atoms. The van der Waals surface area contributed by atoms with E-state index in [-0.39, 0.29) is 0 Å². The summed E-state index contributed by atoms with van der Waals surface area (Å²) >= 11 is 14.7. The topological polar surface area (TPSA) is 24.9 Å². The van der Waals surface area contributed by atoms with E-state index in [1.165, 1.54) is 10.4 Å². The highest BCUT2D eigenvalue weighted by Crippen LogP contribution is 2.45. The van der Waals surface area contributed by atoms with Crippen LogP contribution in [0.15, 0.2) is 48.6 Å². The molecule has 0 fully saturated rings. The van der Waals surface area contributed by atoms with E-state index in [0.29, 0.717) is 11.1 Å². The van der Waals surface area contributed by atoms with Crippen molar-refractivity contribution in [2.45, 2.75) is 31.7 Å². The molecule has 4 rings (SSSR count). The molecule has 0 radical (unpaired) electrons. The van der Waals surface area contributed by atoms with Gasteiger partial charge in [0.25, 0.3) is 0 Å². The molecule has 5 heteroatoms. The first-order chi connectivity index (χ1) is 12.2. The Morgan fingerprint density at radius 3 is 2.76 bits per heavy atom. The minimum Gasteiger partial charge on any atom is -0.380 e. The largest absolute Gasteiger partial charge is 0.380 e. The molecule has 0 aliphatic heterocycles. The van der Waals surface area contributed by atoms with Gasteiger partial charge in [-0.3, -0.25) is 0 Å². The standard InChI is InChI=1S/C20H18Cl2N2S/c21-16-11-15(23-12-13-7-3-1-4-8-13)20-18(24-16)17(22)19(25-20)14-9-5-2-6-10-14/h1-5,7-8,11,14H,6,9-10,12H2,(H,23,24). The zero-order valence-corrected chi connectivity index (χ0v) is 16.0. The number of nitrogens with zero attached hydrogens (tertiary/aromatic N) is 1. The highest BCUT2D eigenvalue weighted by Gasteiger charge is 2.22. The van der Waals surface area contributed by atoms with Gasteiger partial charge in [-0.05, 0) is 30.7 Å². The lowest BCUT2D eigenvalue weighted by Gasteiger charge is -2.16. The van der Waals surface area contributed by atoms with Gasteiger partial charge in [0.2, 0.25) is 0 Å². The van der Waals surface area contributed by atoms with Crippen LogP contribution in [0.25, 0.3) is 10.2 Å². The molecule has 1 aliphatic carbocycles. The van der Waals surface area contributed by atoms with E-state index < -0.39 is 0 Å². The van der Waals surface area contributed by atoms with Crippen LogP contribution in [0.3, 0.4) is 0 Å². The minimum atomic E-state index is 0.470. The average Bonchev–Trinajstić information content (AvgIpc) is 2.98. The Morgan fingerprint density at radius 2 is 2.00 bits per heavy atom. The van der Waals surface area contributed by atoms with Crippen molar-refractivity contribution >= 4 is 50.4 Å². The van der Waals surface area contributed by atoms with Gasteiger partial charge in [-0.15, -0.1) is 11.3 Å². The van der Waals surface area contributed by atoms with Crippen molar-refractivity contribution in [1.29, 1.82) is 0 Å². The zero-order chi connectivity index (χ0) is 17.2. The van der Waals surface area contributed by atoms with Crippen LogP contribution in [0.1, 0.15) is 35.6 Å². The maximum absolute atomic E-state index is 6.69. The van der Waals surface area contributed by atoms with E-state index in [2.05, 4.69) is 34.6 Å². The lowest BCUT2D eigenvalue weighted by atomic mass is 9.93. The number of benzene rings is 1. The van der Waals surface area contributed by atoms with Crippen molar-refractivity contribution in [1.82, 2.24) is 4.98 Å². The molecule has 0 bridgehead atoms. The molecule has 2 nitrogen and oxygen atoms in total. The first-order valence-corrected chi connectivity index (χ1v) is 10.0. The smallest absolute Gasteiger partial charge is 0.131 e. The van der Waals surface area contributed by atoms with E-state index in [1.54, 1.807) is 11.3 Å². The molecule has 0 spiro atoms. The van der Waals surface area contributed by atoms with Crippen molar-refractivity contribution in [2.24, 2.45) is 0 Å². The normalized spacial score (nSPS) is 17.1. The Labute approximate surface area is 161 Å². The second kappa shape index (κ2) is 7.36. The number of pyridine rings is 1. The van der Waals surface area contributed by atoms with Gasteiger partial charge >= 0.3 is 0 Å². The predicted molar refractivity (Wildman–Crippen MR) is 109 cm³/mol. The fourth-order valence-electron chi connectivity index (χ4n) is 3.24. The fraction of sp³-hybridized carbons (Fsp3) is 0.250. The number of halogens is 2. The lowest BCUT2D eigenvalue weighted by molar-refractivity contribution is 0.627. The summed E-state index contributed by atoms with van der Waals surface area (Å²) in [6, 6.07) is 12.2. The Kier molecular flexibility index (Phi) is 4.98. The number of thiophene rings is 1. The molecule has 1 atom stereocenters. The molecule has 2 heterocycles. The fourth-order valence-corrected chi connectivity index (χ4v) is 5.17. The third kappa shape index (κ3) is 3.55. The van der Waals surface area contributed by atoms with Crippen LogP contribution in [0.2, 0.25) is 10.2 Å². The Hall–Kier alpha value is -1.55. The molecular weight excluding hydrogens is 371 g/mol. The molecular formula is C20H18Cl2N2S. The van der Waals surface area contributed by atoms with E-state index in [0.717, 1.165) is 46.7 Å². The second-order valence-corrected chi connectivity index (χ2v) is 8.09. The van der Waals surface area contributed by atoms with Gasteiger partial charge in [0, 0.05) is 17.5 Å². The van der Waals surface area contributed by atoms with E-state index in [1.807, 2.05) is 24.3 Å². The molecule has 0 saturated carbocycles. The monoisotopic (exact) mass is 388 g/mol. The summed E-state index contributed by atoms with van der Waals surface area (Å²) in [5.74, 6) is 0.484. The number of anilines is 1. The number of aromatic nitrogens is 1.